The van der Waals surface area contributed by atoms with E-state index >= 15 is 0 Å². The van der Waals surface area contributed by atoms with Gasteiger partial charge in [-0.3, -0.25) is 0 Å². The van der Waals surface area contributed by atoms with Gasteiger partial charge in [0.25, 0.3) is 0 Å². The molecule has 0 aliphatic rings. The number of hydrogen-bond donors (Lipinski definition) is 1. The first-order valence-corrected chi connectivity index (χ1v) is 5.68. The van der Waals surface area contributed by atoms with Gasteiger partial charge in [-0.2, -0.15) is 0 Å². The van der Waals surface area contributed by atoms with Gasteiger partial charge in [-0.25, -0.2) is 0 Å². The summed E-state index contributed by atoms with van der Waals surface area (Å²) in [4.78, 5) is 2.50. The number of unbranched alkanes of at least 4 members (excludes halogenated alkanes) is 3. The highest BCUT2D eigenvalue weighted by atomic mass is 16.2. The van der Waals surface area contributed by atoms with Crippen LogP contribution in [-0.2, 0) is 0 Å². The van der Waals surface area contributed by atoms with Gasteiger partial charge in [-0.05, 0) is 38.9 Å². The van der Waals surface area contributed by atoms with Crippen molar-refractivity contribution in [1.29, 1.82) is 0 Å². The lowest BCUT2D eigenvalue weighted by atomic mass is 10.2. The lowest BCUT2D eigenvalue weighted by Gasteiger charge is -2.18. The second kappa shape index (κ2) is 10.0. The van der Waals surface area contributed by atoms with E-state index in [0.29, 0.717) is 6.61 Å². The largest absolute Gasteiger partial charge is 0.396 e. The highest BCUT2D eigenvalue weighted by molar-refractivity contribution is 4.54. The molecule has 0 aromatic carbocycles. The van der Waals surface area contributed by atoms with E-state index in [-0.39, 0.29) is 0 Å². The molecule has 0 unspecified atom stereocenters. The second-order valence-electron chi connectivity index (χ2n) is 3.57. The van der Waals surface area contributed by atoms with E-state index in [2.05, 4.69) is 18.7 Å². The summed E-state index contributed by atoms with van der Waals surface area (Å²) in [5.41, 5.74) is 0. The topological polar surface area (TPSA) is 23.5 Å². The van der Waals surface area contributed by atoms with Gasteiger partial charge in [-0.1, -0.05) is 26.7 Å². The Morgan fingerprint density at radius 3 is 2.15 bits per heavy atom. The quantitative estimate of drug-likeness (QED) is 0.560. The minimum atomic E-state index is 0.354. The van der Waals surface area contributed by atoms with E-state index in [1.165, 1.54) is 45.3 Å². The molecule has 0 bridgehead atoms. The summed E-state index contributed by atoms with van der Waals surface area (Å²) >= 11 is 0. The molecule has 2 nitrogen and oxygen atoms in total. The standard InChI is InChI=1S/C11H25NO/c1-3-9-12(4-2)10-7-5-6-8-11-13/h13H,3-11H2,1-2H3. The molecule has 1 N–H and O–H groups in total. The zero-order valence-electron chi connectivity index (χ0n) is 9.26. The highest BCUT2D eigenvalue weighted by Gasteiger charge is 1.99. The first-order valence-electron chi connectivity index (χ1n) is 5.68. The van der Waals surface area contributed by atoms with Crippen molar-refractivity contribution in [3.63, 3.8) is 0 Å². The fraction of sp³-hybridized carbons (Fsp3) is 1.00. The Balaban J connectivity index is 3.17. The van der Waals surface area contributed by atoms with Crippen LogP contribution in [0.2, 0.25) is 0 Å². The summed E-state index contributed by atoms with van der Waals surface area (Å²) in [6.45, 7) is 8.45. The molecular formula is C11H25NO. The zero-order valence-corrected chi connectivity index (χ0v) is 9.26. The molecule has 0 heterocycles. The predicted octanol–water partition coefficient (Wildman–Crippen LogP) is 2.27. The van der Waals surface area contributed by atoms with Crippen LogP contribution in [0.1, 0.15) is 46.0 Å². The van der Waals surface area contributed by atoms with Gasteiger partial charge < -0.3 is 10.0 Å². The van der Waals surface area contributed by atoms with E-state index < -0.39 is 0 Å². The predicted molar refractivity (Wildman–Crippen MR) is 58.0 cm³/mol. The SMILES string of the molecule is CCCN(CC)CCCCCCO. The molecule has 80 valence electrons. The van der Waals surface area contributed by atoms with Crippen LogP contribution in [0.3, 0.4) is 0 Å². The van der Waals surface area contributed by atoms with E-state index in [4.69, 9.17) is 5.11 Å². The maximum Gasteiger partial charge on any atom is 0.0431 e. The monoisotopic (exact) mass is 187 g/mol. The Labute approximate surface area is 82.9 Å². The maximum absolute atomic E-state index is 8.59. The Morgan fingerprint density at radius 2 is 1.62 bits per heavy atom. The second-order valence-corrected chi connectivity index (χ2v) is 3.57. The third-order valence-electron chi connectivity index (χ3n) is 2.37. The number of nitrogens with zero attached hydrogens (tertiary/aromatic N) is 1. The van der Waals surface area contributed by atoms with Crippen LogP contribution in [-0.4, -0.2) is 36.2 Å². The van der Waals surface area contributed by atoms with E-state index in [1.807, 2.05) is 0 Å². The average Bonchev–Trinajstić information content (AvgIpc) is 2.16. The molecule has 13 heavy (non-hydrogen) atoms. The molecule has 0 radical (unpaired) electrons. The summed E-state index contributed by atoms with van der Waals surface area (Å²) in [6, 6.07) is 0. The molecule has 0 atom stereocenters. The Bertz CT molecular complexity index is 96.1. The molecule has 0 aliphatic carbocycles. The summed E-state index contributed by atoms with van der Waals surface area (Å²) in [5, 5.41) is 8.59. The van der Waals surface area contributed by atoms with Crippen molar-refractivity contribution in [3.8, 4) is 0 Å². The maximum atomic E-state index is 8.59. The van der Waals surface area contributed by atoms with Crippen LogP contribution >= 0.6 is 0 Å². The number of hydrogen-bond acceptors (Lipinski definition) is 2. The van der Waals surface area contributed by atoms with Crippen molar-refractivity contribution < 1.29 is 5.11 Å². The Kier molecular flexibility index (Phi) is 9.94. The lowest BCUT2D eigenvalue weighted by Crippen LogP contribution is -2.25. The van der Waals surface area contributed by atoms with Crippen molar-refractivity contribution in [2.45, 2.75) is 46.0 Å². The fourth-order valence-electron chi connectivity index (χ4n) is 1.55. The minimum Gasteiger partial charge on any atom is -0.396 e. The molecular weight excluding hydrogens is 162 g/mol. The number of aliphatic hydroxyl groups is 1. The Morgan fingerprint density at radius 1 is 0.923 bits per heavy atom. The molecule has 0 aliphatic heterocycles. The molecule has 2 heteroatoms. The molecule has 0 aromatic rings. The Hall–Kier alpha value is -0.0800. The molecule has 0 saturated heterocycles. The van der Waals surface area contributed by atoms with E-state index in [0.717, 1.165) is 6.42 Å². The van der Waals surface area contributed by atoms with Crippen molar-refractivity contribution >= 4 is 0 Å². The van der Waals surface area contributed by atoms with Crippen molar-refractivity contribution in [3.05, 3.63) is 0 Å². The van der Waals surface area contributed by atoms with E-state index in [1.54, 1.807) is 0 Å². The first-order chi connectivity index (χ1) is 6.35. The fourth-order valence-corrected chi connectivity index (χ4v) is 1.55. The molecule has 0 amide bonds. The van der Waals surface area contributed by atoms with Gasteiger partial charge >= 0.3 is 0 Å². The van der Waals surface area contributed by atoms with Gasteiger partial charge in [0.05, 0.1) is 0 Å². The van der Waals surface area contributed by atoms with Gasteiger partial charge in [-0.15, -0.1) is 0 Å². The van der Waals surface area contributed by atoms with Gasteiger partial charge in [0.15, 0.2) is 0 Å². The van der Waals surface area contributed by atoms with Gasteiger partial charge in [0, 0.05) is 6.61 Å². The average molecular weight is 187 g/mol. The molecule has 0 spiro atoms. The van der Waals surface area contributed by atoms with Gasteiger partial charge in [0.2, 0.25) is 0 Å². The van der Waals surface area contributed by atoms with Crippen LogP contribution in [0.5, 0.6) is 0 Å². The van der Waals surface area contributed by atoms with Crippen LogP contribution < -0.4 is 0 Å². The highest BCUT2D eigenvalue weighted by Crippen LogP contribution is 2.01. The van der Waals surface area contributed by atoms with Crippen molar-refractivity contribution in [2.24, 2.45) is 0 Å². The van der Waals surface area contributed by atoms with Crippen LogP contribution in [0.4, 0.5) is 0 Å². The van der Waals surface area contributed by atoms with Crippen LogP contribution in [0.25, 0.3) is 0 Å². The summed E-state index contributed by atoms with van der Waals surface area (Å²) in [6.07, 6.45) is 5.96. The zero-order chi connectivity index (χ0) is 9.94. The van der Waals surface area contributed by atoms with Crippen LogP contribution in [0.15, 0.2) is 0 Å². The molecule has 0 fully saturated rings. The smallest absolute Gasteiger partial charge is 0.0431 e. The summed E-state index contributed by atoms with van der Waals surface area (Å²) < 4.78 is 0. The summed E-state index contributed by atoms with van der Waals surface area (Å²) in [5.74, 6) is 0. The van der Waals surface area contributed by atoms with Crippen LogP contribution in [0, 0.1) is 0 Å². The third kappa shape index (κ3) is 8.26. The minimum absolute atomic E-state index is 0.354. The van der Waals surface area contributed by atoms with E-state index in [9.17, 15) is 0 Å². The normalized spacial score (nSPS) is 11.1. The van der Waals surface area contributed by atoms with Crippen molar-refractivity contribution in [1.82, 2.24) is 4.90 Å². The first kappa shape index (κ1) is 12.9. The lowest BCUT2D eigenvalue weighted by molar-refractivity contribution is 0.267. The van der Waals surface area contributed by atoms with Crippen molar-refractivity contribution in [2.75, 3.05) is 26.2 Å². The molecule has 0 aromatic heterocycles. The number of rotatable bonds is 9. The number of aliphatic hydroxyl groups excluding tert-OH is 1. The third-order valence-corrected chi connectivity index (χ3v) is 2.37. The molecule has 0 saturated carbocycles. The molecule has 0 rings (SSSR count). The van der Waals surface area contributed by atoms with Gasteiger partial charge in [0.1, 0.15) is 0 Å². The summed E-state index contributed by atoms with van der Waals surface area (Å²) in [7, 11) is 0.